The van der Waals surface area contributed by atoms with E-state index in [0.29, 0.717) is 0 Å². The molecular formula is C14H21N3O. The van der Waals surface area contributed by atoms with Gasteiger partial charge in [-0.15, -0.1) is 0 Å². The summed E-state index contributed by atoms with van der Waals surface area (Å²) >= 11 is 0. The van der Waals surface area contributed by atoms with Crippen LogP contribution in [-0.2, 0) is 0 Å². The van der Waals surface area contributed by atoms with Crippen LogP contribution in [0.4, 0.5) is 5.82 Å². The molecule has 1 amide bonds. The standard InChI is InChI=1S/C14H21N3O/c1-3-8-17(10-11-4-5-11)14(18)12-6-7-16-13(9-12)15-2/h6-7,9,11H,3-5,8,10H2,1-2H3,(H,15,16). The maximum absolute atomic E-state index is 12.4. The number of nitrogens with one attached hydrogen (secondary N) is 1. The summed E-state index contributed by atoms with van der Waals surface area (Å²) in [5.41, 5.74) is 0.725. The molecule has 0 unspecified atom stereocenters. The van der Waals surface area contributed by atoms with Gasteiger partial charge in [0.15, 0.2) is 0 Å². The van der Waals surface area contributed by atoms with Crippen LogP contribution in [-0.4, -0.2) is 35.9 Å². The Morgan fingerprint density at radius 2 is 2.33 bits per heavy atom. The molecule has 0 aliphatic heterocycles. The molecule has 0 spiro atoms. The van der Waals surface area contributed by atoms with Gasteiger partial charge in [0, 0.05) is 31.9 Å². The van der Waals surface area contributed by atoms with E-state index >= 15 is 0 Å². The quantitative estimate of drug-likeness (QED) is 0.839. The Morgan fingerprint density at radius 1 is 1.56 bits per heavy atom. The molecule has 0 atom stereocenters. The monoisotopic (exact) mass is 247 g/mol. The third-order valence-electron chi connectivity index (χ3n) is 3.22. The lowest BCUT2D eigenvalue weighted by Crippen LogP contribution is -2.33. The van der Waals surface area contributed by atoms with E-state index in [2.05, 4.69) is 17.2 Å². The summed E-state index contributed by atoms with van der Waals surface area (Å²) in [5, 5.41) is 2.96. The fraction of sp³-hybridized carbons (Fsp3) is 0.571. The number of aromatic nitrogens is 1. The molecule has 1 aliphatic carbocycles. The van der Waals surface area contributed by atoms with Crippen LogP contribution in [0.5, 0.6) is 0 Å². The van der Waals surface area contributed by atoms with Crippen molar-refractivity contribution in [1.82, 2.24) is 9.88 Å². The van der Waals surface area contributed by atoms with Crippen molar-refractivity contribution in [3.63, 3.8) is 0 Å². The molecule has 0 aromatic carbocycles. The second kappa shape index (κ2) is 5.85. The van der Waals surface area contributed by atoms with E-state index in [-0.39, 0.29) is 5.91 Å². The van der Waals surface area contributed by atoms with Crippen LogP contribution < -0.4 is 5.32 Å². The molecule has 0 saturated heterocycles. The van der Waals surface area contributed by atoms with Gasteiger partial charge in [0.25, 0.3) is 5.91 Å². The number of hydrogen-bond donors (Lipinski definition) is 1. The van der Waals surface area contributed by atoms with Crippen molar-refractivity contribution in [2.45, 2.75) is 26.2 Å². The van der Waals surface area contributed by atoms with E-state index in [1.54, 1.807) is 12.3 Å². The smallest absolute Gasteiger partial charge is 0.254 e. The summed E-state index contributed by atoms with van der Waals surface area (Å²) < 4.78 is 0. The van der Waals surface area contributed by atoms with Crippen molar-refractivity contribution in [1.29, 1.82) is 0 Å². The van der Waals surface area contributed by atoms with Gasteiger partial charge in [-0.1, -0.05) is 6.92 Å². The molecule has 0 bridgehead atoms. The van der Waals surface area contributed by atoms with E-state index in [1.807, 2.05) is 18.0 Å². The van der Waals surface area contributed by atoms with Gasteiger partial charge < -0.3 is 10.2 Å². The van der Waals surface area contributed by atoms with Crippen molar-refractivity contribution in [2.75, 3.05) is 25.5 Å². The summed E-state index contributed by atoms with van der Waals surface area (Å²) in [5.74, 6) is 1.59. The molecule has 98 valence electrons. The first-order valence-corrected chi connectivity index (χ1v) is 6.67. The number of pyridine rings is 1. The molecule has 18 heavy (non-hydrogen) atoms. The molecule has 0 radical (unpaired) electrons. The van der Waals surface area contributed by atoms with Crippen molar-refractivity contribution in [3.8, 4) is 0 Å². The van der Waals surface area contributed by atoms with Crippen molar-refractivity contribution >= 4 is 11.7 Å². The molecule has 4 nitrogen and oxygen atoms in total. The Kier molecular flexibility index (Phi) is 4.18. The summed E-state index contributed by atoms with van der Waals surface area (Å²) in [4.78, 5) is 18.6. The van der Waals surface area contributed by atoms with E-state index in [1.165, 1.54) is 12.8 Å². The Morgan fingerprint density at radius 3 is 2.94 bits per heavy atom. The van der Waals surface area contributed by atoms with Crippen LogP contribution in [0.2, 0.25) is 0 Å². The maximum Gasteiger partial charge on any atom is 0.254 e. The lowest BCUT2D eigenvalue weighted by Gasteiger charge is -2.22. The van der Waals surface area contributed by atoms with Gasteiger partial charge in [-0.3, -0.25) is 4.79 Å². The Bertz CT molecular complexity index is 415. The van der Waals surface area contributed by atoms with Gasteiger partial charge in [-0.25, -0.2) is 4.98 Å². The highest BCUT2D eigenvalue weighted by Crippen LogP contribution is 2.30. The predicted molar refractivity (Wildman–Crippen MR) is 72.7 cm³/mol. The van der Waals surface area contributed by atoms with Gasteiger partial charge in [0.2, 0.25) is 0 Å². The minimum Gasteiger partial charge on any atom is -0.373 e. The molecule has 1 heterocycles. The zero-order chi connectivity index (χ0) is 13.0. The fourth-order valence-corrected chi connectivity index (χ4v) is 2.04. The van der Waals surface area contributed by atoms with Crippen LogP contribution in [0, 0.1) is 5.92 Å². The molecule has 2 rings (SSSR count). The lowest BCUT2D eigenvalue weighted by atomic mass is 10.2. The molecule has 1 aliphatic rings. The van der Waals surface area contributed by atoms with E-state index in [9.17, 15) is 4.79 Å². The first-order valence-electron chi connectivity index (χ1n) is 6.67. The summed E-state index contributed by atoms with van der Waals surface area (Å²) in [6.45, 7) is 3.86. The molecule has 1 N–H and O–H groups in total. The second-order valence-corrected chi connectivity index (χ2v) is 4.87. The van der Waals surface area contributed by atoms with Gasteiger partial charge in [0.05, 0.1) is 0 Å². The predicted octanol–water partition coefficient (Wildman–Crippen LogP) is 2.39. The second-order valence-electron chi connectivity index (χ2n) is 4.87. The van der Waals surface area contributed by atoms with E-state index in [4.69, 9.17) is 0 Å². The van der Waals surface area contributed by atoms with Crippen LogP contribution in [0.1, 0.15) is 36.5 Å². The van der Waals surface area contributed by atoms with Gasteiger partial charge in [-0.2, -0.15) is 0 Å². The van der Waals surface area contributed by atoms with Gasteiger partial charge in [0.1, 0.15) is 5.82 Å². The summed E-state index contributed by atoms with van der Waals surface area (Å²) in [7, 11) is 1.81. The SMILES string of the molecule is CCCN(CC1CC1)C(=O)c1ccnc(NC)c1. The van der Waals surface area contributed by atoms with Crippen LogP contribution >= 0.6 is 0 Å². The van der Waals surface area contributed by atoms with Crippen LogP contribution in [0.15, 0.2) is 18.3 Å². The Hall–Kier alpha value is -1.58. The van der Waals surface area contributed by atoms with Crippen molar-refractivity contribution in [2.24, 2.45) is 5.92 Å². The fourth-order valence-electron chi connectivity index (χ4n) is 2.04. The molecule has 4 heteroatoms. The highest BCUT2D eigenvalue weighted by molar-refractivity contribution is 5.94. The molecule has 1 saturated carbocycles. The topological polar surface area (TPSA) is 45.2 Å². The summed E-state index contributed by atoms with van der Waals surface area (Å²) in [6.07, 6.45) is 5.22. The first kappa shape index (κ1) is 12.9. The normalized spacial score (nSPS) is 14.3. The Balaban J connectivity index is 2.09. The molecule has 1 fully saturated rings. The lowest BCUT2D eigenvalue weighted by molar-refractivity contribution is 0.0747. The third kappa shape index (κ3) is 3.22. The van der Waals surface area contributed by atoms with Crippen LogP contribution in [0.3, 0.4) is 0 Å². The zero-order valence-corrected chi connectivity index (χ0v) is 11.1. The summed E-state index contributed by atoms with van der Waals surface area (Å²) in [6, 6.07) is 3.61. The van der Waals surface area contributed by atoms with E-state index < -0.39 is 0 Å². The number of amides is 1. The zero-order valence-electron chi connectivity index (χ0n) is 11.1. The van der Waals surface area contributed by atoms with Gasteiger partial charge >= 0.3 is 0 Å². The molecular weight excluding hydrogens is 226 g/mol. The maximum atomic E-state index is 12.4. The minimum absolute atomic E-state index is 0.127. The minimum atomic E-state index is 0.127. The number of anilines is 1. The average molecular weight is 247 g/mol. The largest absolute Gasteiger partial charge is 0.373 e. The van der Waals surface area contributed by atoms with Crippen molar-refractivity contribution < 1.29 is 4.79 Å². The first-order chi connectivity index (χ1) is 8.74. The van der Waals surface area contributed by atoms with Gasteiger partial charge in [-0.05, 0) is 37.3 Å². The molecule has 1 aromatic rings. The highest BCUT2D eigenvalue weighted by atomic mass is 16.2. The number of hydrogen-bond acceptors (Lipinski definition) is 3. The highest BCUT2D eigenvalue weighted by Gasteiger charge is 2.26. The third-order valence-corrected chi connectivity index (χ3v) is 3.22. The Labute approximate surface area is 108 Å². The number of rotatable bonds is 6. The van der Waals surface area contributed by atoms with E-state index in [0.717, 1.165) is 36.8 Å². The molecule has 1 aromatic heterocycles. The number of carbonyl (C=O) groups excluding carboxylic acids is 1. The van der Waals surface area contributed by atoms with Crippen LogP contribution in [0.25, 0.3) is 0 Å². The van der Waals surface area contributed by atoms with Crippen molar-refractivity contribution in [3.05, 3.63) is 23.9 Å². The average Bonchev–Trinajstić information content (AvgIpc) is 3.21. The number of carbonyl (C=O) groups is 1. The number of nitrogens with zero attached hydrogens (tertiary/aromatic N) is 2.